The van der Waals surface area contributed by atoms with E-state index in [2.05, 4.69) is 36.6 Å². The Balaban J connectivity index is 1.78. The molecule has 0 radical (unpaired) electrons. The van der Waals surface area contributed by atoms with E-state index >= 15 is 0 Å². The van der Waals surface area contributed by atoms with Crippen LogP contribution in [0.15, 0.2) is 12.1 Å². The van der Waals surface area contributed by atoms with Crippen LogP contribution < -0.4 is 9.47 Å². The van der Waals surface area contributed by atoms with E-state index in [0.717, 1.165) is 47.7 Å². The molecule has 2 heterocycles. The highest BCUT2D eigenvalue weighted by atomic mass is 16.5. The molecule has 1 aliphatic heterocycles. The summed E-state index contributed by atoms with van der Waals surface area (Å²) in [7, 11) is 3.34. The van der Waals surface area contributed by atoms with Gasteiger partial charge in [0.2, 0.25) is 0 Å². The van der Waals surface area contributed by atoms with Crippen LogP contribution >= 0.6 is 0 Å². The summed E-state index contributed by atoms with van der Waals surface area (Å²) in [6.45, 7) is 5.73. The van der Waals surface area contributed by atoms with Gasteiger partial charge in [-0.25, -0.2) is 0 Å². The van der Waals surface area contributed by atoms with Crippen molar-refractivity contribution in [3.63, 3.8) is 0 Å². The lowest BCUT2D eigenvalue weighted by Crippen LogP contribution is -2.48. The lowest BCUT2D eigenvalue weighted by Gasteiger charge is -2.56. The van der Waals surface area contributed by atoms with E-state index in [9.17, 15) is 5.26 Å². The SMILES string of the molecule is COc1cc2c(cc1OC)-c1c(C#N)c3c(n1CC2)[C@H]1C[C@@H](C3)C1(C)C. The third-order valence-corrected chi connectivity index (χ3v) is 7.24. The monoisotopic (exact) mass is 348 g/mol. The average molecular weight is 348 g/mol. The first-order valence-corrected chi connectivity index (χ1v) is 9.41. The molecule has 4 heteroatoms. The fourth-order valence-corrected chi connectivity index (χ4v) is 5.58. The van der Waals surface area contributed by atoms with Gasteiger partial charge in [-0.3, -0.25) is 0 Å². The van der Waals surface area contributed by atoms with E-state index in [-0.39, 0.29) is 0 Å². The molecular formula is C22H24N2O2. The molecule has 0 unspecified atom stereocenters. The van der Waals surface area contributed by atoms with Gasteiger partial charge < -0.3 is 14.0 Å². The highest BCUT2D eigenvalue weighted by molar-refractivity contribution is 5.78. The largest absolute Gasteiger partial charge is 0.493 e. The Morgan fingerprint density at radius 2 is 1.92 bits per heavy atom. The summed E-state index contributed by atoms with van der Waals surface area (Å²) in [4.78, 5) is 0. The quantitative estimate of drug-likeness (QED) is 0.813. The molecule has 1 saturated carbocycles. The predicted molar refractivity (Wildman–Crippen MR) is 99.7 cm³/mol. The van der Waals surface area contributed by atoms with E-state index in [1.807, 2.05) is 0 Å². The highest BCUT2D eigenvalue weighted by Crippen LogP contribution is 2.64. The number of hydrogen-bond donors (Lipinski definition) is 0. The number of nitrogens with zero attached hydrogens (tertiary/aromatic N) is 2. The van der Waals surface area contributed by atoms with Crippen molar-refractivity contribution in [2.45, 2.75) is 45.6 Å². The van der Waals surface area contributed by atoms with Crippen LogP contribution in [0.1, 0.15) is 48.6 Å². The third kappa shape index (κ3) is 1.74. The van der Waals surface area contributed by atoms with Crippen LogP contribution in [0.25, 0.3) is 11.3 Å². The van der Waals surface area contributed by atoms with Crippen LogP contribution in [0.4, 0.5) is 0 Å². The van der Waals surface area contributed by atoms with Crippen LogP contribution in [0.5, 0.6) is 11.5 Å². The van der Waals surface area contributed by atoms with Crippen molar-refractivity contribution in [1.29, 1.82) is 5.26 Å². The molecule has 3 aliphatic carbocycles. The second kappa shape index (κ2) is 5.07. The lowest BCUT2D eigenvalue weighted by molar-refractivity contribution is 0.0137. The summed E-state index contributed by atoms with van der Waals surface area (Å²) in [6.07, 6.45) is 3.28. The Kier molecular flexibility index (Phi) is 3.08. The number of fused-ring (bicyclic) bond motifs is 3. The zero-order chi connectivity index (χ0) is 18.2. The Morgan fingerprint density at radius 3 is 2.58 bits per heavy atom. The van der Waals surface area contributed by atoms with Gasteiger partial charge in [0.05, 0.1) is 25.5 Å². The van der Waals surface area contributed by atoms with Crippen LogP contribution in [-0.2, 0) is 19.4 Å². The first-order valence-electron chi connectivity index (χ1n) is 9.41. The molecule has 134 valence electrons. The Morgan fingerprint density at radius 1 is 1.19 bits per heavy atom. The molecule has 0 amide bonds. The molecule has 2 bridgehead atoms. The van der Waals surface area contributed by atoms with Crippen molar-refractivity contribution in [2.24, 2.45) is 11.3 Å². The molecule has 1 aromatic heterocycles. The molecule has 4 aliphatic rings. The van der Waals surface area contributed by atoms with E-state index in [1.165, 1.54) is 23.2 Å². The molecule has 1 fully saturated rings. The summed E-state index contributed by atoms with van der Waals surface area (Å²) >= 11 is 0. The Bertz CT molecular complexity index is 977. The number of benzene rings is 1. The number of ether oxygens (including phenoxy) is 2. The van der Waals surface area contributed by atoms with Crippen LogP contribution in [-0.4, -0.2) is 18.8 Å². The van der Waals surface area contributed by atoms with E-state index in [1.54, 1.807) is 14.2 Å². The summed E-state index contributed by atoms with van der Waals surface area (Å²) in [5.74, 6) is 2.78. The molecular weight excluding hydrogens is 324 g/mol. The van der Waals surface area contributed by atoms with Crippen molar-refractivity contribution in [1.82, 2.24) is 4.57 Å². The molecule has 26 heavy (non-hydrogen) atoms. The fourth-order valence-electron chi connectivity index (χ4n) is 5.58. The summed E-state index contributed by atoms with van der Waals surface area (Å²) in [5, 5.41) is 10.0. The number of aromatic nitrogens is 1. The predicted octanol–water partition coefficient (Wildman–Crippen LogP) is 4.29. The van der Waals surface area contributed by atoms with Gasteiger partial charge in [-0.15, -0.1) is 0 Å². The number of methoxy groups -OCH3 is 2. The second-order valence-electron chi connectivity index (χ2n) is 8.48. The second-order valence-corrected chi connectivity index (χ2v) is 8.48. The van der Waals surface area contributed by atoms with Crippen LogP contribution in [0.3, 0.4) is 0 Å². The molecule has 2 aromatic rings. The van der Waals surface area contributed by atoms with Gasteiger partial charge in [-0.05, 0) is 53.9 Å². The summed E-state index contributed by atoms with van der Waals surface area (Å²) in [5.41, 5.74) is 7.46. The van der Waals surface area contributed by atoms with Gasteiger partial charge in [0.25, 0.3) is 0 Å². The minimum absolute atomic E-state index is 0.354. The van der Waals surface area contributed by atoms with E-state index in [0.29, 0.717) is 17.3 Å². The van der Waals surface area contributed by atoms with Gasteiger partial charge in [0.1, 0.15) is 6.07 Å². The third-order valence-electron chi connectivity index (χ3n) is 7.24. The Hall–Kier alpha value is -2.41. The first kappa shape index (κ1) is 15.8. The minimum atomic E-state index is 0.354. The minimum Gasteiger partial charge on any atom is -0.493 e. The maximum Gasteiger partial charge on any atom is 0.161 e. The summed E-state index contributed by atoms with van der Waals surface area (Å²) < 4.78 is 13.5. The van der Waals surface area contributed by atoms with E-state index in [4.69, 9.17) is 9.47 Å². The van der Waals surface area contributed by atoms with Gasteiger partial charge in [0, 0.05) is 23.7 Å². The van der Waals surface area contributed by atoms with Crippen molar-refractivity contribution in [3.05, 3.63) is 34.5 Å². The fraction of sp³-hybridized carbons (Fsp3) is 0.500. The first-order chi connectivity index (χ1) is 12.5. The van der Waals surface area contributed by atoms with Crippen molar-refractivity contribution < 1.29 is 9.47 Å². The number of rotatable bonds is 2. The standard InChI is InChI=1S/C22H24N2O2/c1-22(2)13-8-15-16(11-23)20-14-10-19(26-4)18(25-3)7-12(14)5-6-24(20)21(15)17(22)9-13/h7,10,13,17H,5-6,8-9H2,1-4H3/t13-,17-/m1/s1. The number of nitriles is 1. The number of hydrogen-bond acceptors (Lipinski definition) is 3. The normalized spacial score (nSPS) is 23.8. The van der Waals surface area contributed by atoms with Gasteiger partial charge in [-0.1, -0.05) is 13.8 Å². The molecule has 1 aromatic carbocycles. The van der Waals surface area contributed by atoms with Gasteiger partial charge in [-0.2, -0.15) is 5.26 Å². The van der Waals surface area contributed by atoms with Crippen molar-refractivity contribution >= 4 is 0 Å². The molecule has 2 atom stereocenters. The molecule has 0 N–H and O–H groups in total. The maximum absolute atomic E-state index is 10.0. The zero-order valence-electron chi connectivity index (χ0n) is 15.8. The van der Waals surface area contributed by atoms with Crippen LogP contribution in [0, 0.1) is 22.7 Å². The molecule has 0 saturated heterocycles. The average Bonchev–Trinajstić information content (AvgIpc) is 3.00. The smallest absolute Gasteiger partial charge is 0.161 e. The molecule has 4 nitrogen and oxygen atoms in total. The van der Waals surface area contributed by atoms with Crippen LogP contribution in [0.2, 0.25) is 0 Å². The van der Waals surface area contributed by atoms with Gasteiger partial charge >= 0.3 is 0 Å². The zero-order valence-corrected chi connectivity index (χ0v) is 15.8. The maximum atomic E-state index is 10.0. The lowest BCUT2D eigenvalue weighted by atomic mass is 9.48. The van der Waals surface area contributed by atoms with Crippen molar-refractivity contribution in [2.75, 3.05) is 14.2 Å². The van der Waals surface area contributed by atoms with E-state index < -0.39 is 0 Å². The molecule has 6 rings (SSSR count). The Labute approximate surface area is 154 Å². The topological polar surface area (TPSA) is 47.2 Å². The molecule has 0 spiro atoms. The van der Waals surface area contributed by atoms with Crippen molar-refractivity contribution in [3.8, 4) is 28.8 Å². The number of aryl methyl sites for hydroxylation is 1. The highest BCUT2D eigenvalue weighted by Gasteiger charge is 2.55. The summed E-state index contributed by atoms with van der Waals surface area (Å²) in [6, 6.07) is 6.68. The van der Waals surface area contributed by atoms with Gasteiger partial charge in [0.15, 0.2) is 11.5 Å².